The van der Waals surface area contributed by atoms with Gasteiger partial charge in [0.2, 0.25) is 11.8 Å². The van der Waals surface area contributed by atoms with E-state index in [0.717, 1.165) is 24.3 Å². The summed E-state index contributed by atoms with van der Waals surface area (Å²) < 4.78 is 13.0. The van der Waals surface area contributed by atoms with Gasteiger partial charge in [-0.2, -0.15) is 0 Å². The van der Waals surface area contributed by atoms with Crippen LogP contribution in [0.25, 0.3) is 0 Å². The predicted molar refractivity (Wildman–Crippen MR) is 133 cm³/mol. The molecule has 3 rings (SSSR count). The third kappa shape index (κ3) is 8.27. The largest absolute Gasteiger partial charge is 0.368 e. The lowest BCUT2D eigenvalue weighted by atomic mass is 10.1. The Balaban J connectivity index is 1.37. The van der Waals surface area contributed by atoms with Crippen LogP contribution >= 0.6 is 0 Å². The van der Waals surface area contributed by atoms with Gasteiger partial charge in [0.15, 0.2) is 0 Å². The maximum atomic E-state index is 13.0. The minimum absolute atomic E-state index is 0.00931. The average molecular weight is 484 g/mol. The highest BCUT2D eigenvalue weighted by Crippen LogP contribution is 2.15. The highest BCUT2D eigenvalue weighted by Gasteiger charge is 2.23. The fourth-order valence-corrected chi connectivity index (χ4v) is 3.98. The van der Waals surface area contributed by atoms with Gasteiger partial charge in [-0.1, -0.05) is 43.7 Å². The Morgan fingerprint density at radius 3 is 2.29 bits per heavy atom. The number of halogens is 1. The van der Waals surface area contributed by atoms with E-state index in [1.165, 1.54) is 12.1 Å². The summed E-state index contributed by atoms with van der Waals surface area (Å²) in [5.74, 6) is -0.647. The van der Waals surface area contributed by atoms with Gasteiger partial charge in [0.25, 0.3) is 0 Å². The number of hydrogen-bond acceptors (Lipinski definition) is 4. The Bertz CT molecular complexity index is 963. The minimum atomic E-state index is -0.697. The van der Waals surface area contributed by atoms with Gasteiger partial charge >= 0.3 is 6.03 Å². The minimum Gasteiger partial charge on any atom is -0.368 e. The van der Waals surface area contributed by atoms with Crippen molar-refractivity contribution in [2.45, 2.75) is 38.8 Å². The van der Waals surface area contributed by atoms with Crippen molar-refractivity contribution < 1.29 is 18.8 Å². The van der Waals surface area contributed by atoms with Crippen molar-refractivity contribution in [2.75, 3.05) is 37.6 Å². The van der Waals surface area contributed by atoms with Crippen molar-refractivity contribution in [3.63, 3.8) is 0 Å². The quantitative estimate of drug-likeness (QED) is 0.484. The molecular weight excluding hydrogens is 449 g/mol. The zero-order valence-corrected chi connectivity index (χ0v) is 20.1. The second kappa shape index (κ2) is 13.3. The van der Waals surface area contributed by atoms with Crippen LogP contribution in [0.4, 0.5) is 14.9 Å². The number of nitrogens with zero attached hydrogens (tertiary/aromatic N) is 2. The van der Waals surface area contributed by atoms with Crippen molar-refractivity contribution in [1.82, 2.24) is 20.9 Å². The van der Waals surface area contributed by atoms with E-state index in [-0.39, 0.29) is 37.1 Å². The van der Waals surface area contributed by atoms with Crippen LogP contribution in [-0.4, -0.2) is 61.5 Å². The molecule has 1 fully saturated rings. The number of piperazine rings is 1. The van der Waals surface area contributed by atoms with Gasteiger partial charge in [0.05, 0.1) is 0 Å². The molecule has 1 aliphatic heterocycles. The Morgan fingerprint density at radius 2 is 1.63 bits per heavy atom. The zero-order valence-electron chi connectivity index (χ0n) is 20.1. The van der Waals surface area contributed by atoms with Crippen LogP contribution in [0.5, 0.6) is 0 Å². The first kappa shape index (κ1) is 26.0. The van der Waals surface area contributed by atoms with Crippen LogP contribution in [0.2, 0.25) is 0 Å². The molecule has 8 nitrogen and oxygen atoms in total. The molecule has 1 atom stereocenters. The van der Waals surface area contributed by atoms with Crippen LogP contribution in [0.3, 0.4) is 0 Å². The summed E-state index contributed by atoms with van der Waals surface area (Å²) in [6.45, 7) is 5.21. The summed E-state index contributed by atoms with van der Waals surface area (Å²) in [7, 11) is 0. The monoisotopic (exact) mass is 483 g/mol. The Labute approximate surface area is 205 Å². The first-order chi connectivity index (χ1) is 17.0. The van der Waals surface area contributed by atoms with Gasteiger partial charge in [-0.25, -0.2) is 9.18 Å². The number of anilines is 1. The number of para-hydroxylation sites is 1. The number of nitrogens with one attached hydrogen (secondary N) is 3. The highest BCUT2D eigenvalue weighted by molar-refractivity contribution is 5.87. The van der Waals surface area contributed by atoms with Gasteiger partial charge in [-0.05, 0) is 36.2 Å². The second-order valence-corrected chi connectivity index (χ2v) is 8.54. The van der Waals surface area contributed by atoms with Gasteiger partial charge in [-0.3, -0.25) is 9.59 Å². The molecule has 0 saturated carbocycles. The summed E-state index contributed by atoms with van der Waals surface area (Å²) in [6, 6.07) is 14.8. The molecule has 2 aromatic carbocycles. The predicted octanol–water partition coefficient (Wildman–Crippen LogP) is 2.65. The second-order valence-electron chi connectivity index (χ2n) is 8.54. The molecule has 1 aliphatic rings. The van der Waals surface area contributed by atoms with Gasteiger partial charge < -0.3 is 25.8 Å². The molecule has 0 aromatic heterocycles. The van der Waals surface area contributed by atoms with E-state index in [1.54, 1.807) is 12.1 Å². The van der Waals surface area contributed by atoms with Crippen LogP contribution in [-0.2, 0) is 16.1 Å². The van der Waals surface area contributed by atoms with Crippen molar-refractivity contribution in [1.29, 1.82) is 0 Å². The highest BCUT2D eigenvalue weighted by atomic mass is 19.1. The normalized spacial score (nSPS) is 14.2. The SMILES string of the molecule is CCCC(NC(=O)NCc1ccc(F)cc1)C(=O)NCCC(=O)N1CCN(c2ccccc2)CC1. The number of rotatable bonds is 10. The van der Waals surface area contributed by atoms with Crippen LogP contribution < -0.4 is 20.9 Å². The molecule has 3 N–H and O–H groups in total. The number of carbonyl (C=O) groups excluding carboxylic acids is 3. The van der Waals surface area contributed by atoms with E-state index in [2.05, 4.69) is 33.0 Å². The lowest BCUT2D eigenvalue weighted by Gasteiger charge is -2.36. The van der Waals surface area contributed by atoms with E-state index in [9.17, 15) is 18.8 Å². The molecule has 1 heterocycles. The molecule has 2 aromatic rings. The first-order valence-electron chi connectivity index (χ1n) is 12.1. The molecule has 0 radical (unpaired) electrons. The zero-order chi connectivity index (χ0) is 25.0. The fraction of sp³-hybridized carbons (Fsp3) is 0.423. The number of amides is 4. The van der Waals surface area contributed by atoms with Crippen molar-refractivity contribution in [3.8, 4) is 0 Å². The topological polar surface area (TPSA) is 93.8 Å². The number of urea groups is 1. The van der Waals surface area contributed by atoms with Crippen LogP contribution in [0, 0.1) is 5.82 Å². The summed E-state index contributed by atoms with van der Waals surface area (Å²) in [4.78, 5) is 41.5. The van der Waals surface area contributed by atoms with Crippen LogP contribution in [0.1, 0.15) is 31.7 Å². The van der Waals surface area contributed by atoms with Crippen LogP contribution in [0.15, 0.2) is 54.6 Å². The average Bonchev–Trinajstić information content (AvgIpc) is 2.88. The third-order valence-corrected chi connectivity index (χ3v) is 5.96. The van der Waals surface area contributed by atoms with Gasteiger partial charge in [0, 0.05) is 51.4 Å². The van der Waals surface area contributed by atoms with Gasteiger partial charge in [0.1, 0.15) is 11.9 Å². The lowest BCUT2D eigenvalue weighted by Crippen LogP contribution is -2.51. The summed E-state index contributed by atoms with van der Waals surface area (Å²) >= 11 is 0. The molecule has 4 amide bonds. The Hall–Kier alpha value is -3.62. The van der Waals surface area contributed by atoms with E-state index >= 15 is 0 Å². The van der Waals surface area contributed by atoms with E-state index in [0.29, 0.717) is 25.9 Å². The number of carbonyl (C=O) groups is 3. The fourth-order valence-electron chi connectivity index (χ4n) is 3.98. The third-order valence-electron chi connectivity index (χ3n) is 5.96. The molecule has 0 aliphatic carbocycles. The number of benzene rings is 2. The smallest absolute Gasteiger partial charge is 0.315 e. The van der Waals surface area contributed by atoms with Crippen molar-refractivity contribution >= 4 is 23.5 Å². The molecule has 9 heteroatoms. The molecule has 1 unspecified atom stereocenters. The van der Waals surface area contributed by atoms with E-state index in [1.807, 2.05) is 30.0 Å². The molecule has 1 saturated heterocycles. The van der Waals surface area contributed by atoms with E-state index in [4.69, 9.17) is 0 Å². The lowest BCUT2D eigenvalue weighted by molar-refractivity contribution is -0.131. The molecular formula is C26H34FN5O3. The number of hydrogen-bond donors (Lipinski definition) is 3. The standard InChI is InChI=1S/C26H34FN5O3/c1-2-6-23(30-26(35)29-19-20-9-11-21(27)12-10-20)25(34)28-14-13-24(33)32-17-15-31(16-18-32)22-7-4-3-5-8-22/h3-5,7-12,23H,2,6,13-19H2,1H3,(H,28,34)(H2,29,30,35). The Kier molecular flexibility index (Phi) is 9.89. The summed E-state index contributed by atoms with van der Waals surface area (Å²) in [6.07, 6.45) is 1.40. The summed E-state index contributed by atoms with van der Waals surface area (Å²) in [5, 5.41) is 8.14. The first-order valence-corrected chi connectivity index (χ1v) is 12.1. The van der Waals surface area contributed by atoms with Crippen molar-refractivity contribution in [3.05, 3.63) is 66.0 Å². The molecule has 0 spiro atoms. The molecule has 188 valence electrons. The van der Waals surface area contributed by atoms with Gasteiger partial charge in [-0.15, -0.1) is 0 Å². The maximum absolute atomic E-state index is 13.0. The molecule has 0 bridgehead atoms. The van der Waals surface area contributed by atoms with E-state index < -0.39 is 12.1 Å². The van der Waals surface area contributed by atoms with Crippen molar-refractivity contribution in [2.24, 2.45) is 0 Å². The summed E-state index contributed by atoms with van der Waals surface area (Å²) in [5.41, 5.74) is 1.91. The maximum Gasteiger partial charge on any atom is 0.315 e. The Morgan fingerprint density at radius 1 is 0.943 bits per heavy atom. The molecule has 35 heavy (non-hydrogen) atoms.